The van der Waals surface area contributed by atoms with Crippen LogP contribution < -0.4 is 10.6 Å². The Morgan fingerprint density at radius 3 is 2.43 bits per heavy atom. The van der Waals surface area contributed by atoms with Gasteiger partial charge >= 0.3 is 6.09 Å². The van der Waals surface area contributed by atoms with Crippen molar-refractivity contribution in [2.75, 3.05) is 47.3 Å². The van der Waals surface area contributed by atoms with Gasteiger partial charge in [0.05, 0.1) is 6.04 Å². The first-order valence-corrected chi connectivity index (χ1v) is 10.3. The van der Waals surface area contributed by atoms with Gasteiger partial charge in [-0.15, -0.1) is 24.0 Å². The fourth-order valence-corrected chi connectivity index (χ4v) is 3.16. The molecule has 8 heteroatoms. The molecule has 1 aliphatic rings. The van der Waals surface area contributed by atoms with Gasteiger partial charge in [0.2, 0.25) is 0 Å². The van der Waals surface area contributed by atoms with Gasteiger partial charge in [-0.1, -0.05) is 19.3 Å². The average molecular weight is 511 g/mol. The van der Waals surface area contributed by atoms with Crippen molar-refractivity contribution in [2.45, 2.75) is 70.9 Å². The molecule has 0 radical (unpaired) electrons. The van der Waals surface area contributed by atoms with Gasteiger partial charge in [-0.25, -0.2) is 4.79 Å². The van der Waals surface area contributed by atoms with Crippen LogP contribution in [0.1, 0.15) is 59.3 Å². The molecular formula is C20H42IN5O2. The minimum atomic E-state index is -0.466. The molecule has 1 unspecified atom stereocenters. The number of hydrogen-bond acceptors (Lipinski definition) is 4. The molecule has 28 heavy (non-hydrogen) atoms. The summed E-state index contributed by atoms with van der Waals surface area (Å²) >= 11 is 0. The zero-order valence-corrected chi connectivity index (χ0v) is 21.0. The standard InChI is InChI=1S/C20H41N5O2.HI/c1-20(2,3)27-19(26)23-17-12-15-25(16-17)18(21-4)22-13-10-8-7-9-11-14-24(5)6;/h17H,7-16H2,1-6H3,(H,21,22)(H,23,26);1H. The molecule has 7 nitrogen and oxygen atoms in total. The van der Waals surface area contributed by atoms with Crippen LogP contribution in [0.2, 0.25) is 0 Å². The molecule has 0 aromatic rings. The van der Waals surface area contributed by atoms with Gasteiger partial charge in [0.15, 0.2) is 5.96 Å². The highest BCUT2D eigenvalue weighted by molar-refractivity contribution is 14.0. The molecular weight excluding hydrogens is 469 g/mol. The molecule has 0 aromatic carbocycles. The van der Waals surface area contributed by atoms with Crippen molar-refractivity contribution in [1.82, 2.24) is 20.4 Å². The van der Waals surface area contributed by atoms with E-state index in [4.69, 9.17) is 4.74 Å². The Labute approximate surface area is 189 Å². The third kappa shape index (κ3) is 12.6. The van der Waals surface area contributed by atoms with E-state index in [0.717, 1.165) is 38.4 Å². The first kappa shape index (κ1) is 27.2. The number of ether oxygens (including phenoxy) is 1. The SMILES string of the molecule is CN=C(NCCCCCCCN(C)C)N1CCC(NC(=O)OC(C)(C)C)C1.I. The lowest BCUT2D eigenvalue weighted by molar-refractivity contribution is 0.0507. The first-order valence-electron chi connectivity index (χ1n) is 10.3. The minimum absolute atomic E-state index is 0. The van der Waals surface area contributed by atoms with E-state index in [9.17, 15) is 4.79 Å². The van der Waals surface area contributed by atoms with E-state index >= 15 is 0 Å². The maximum absolute atomic E-state index is 11.9. The van der Waals surface area contributed by atoms with Crippen molar-refractivity contribution in [2.24, 2.45) is 4.99 Å². The van der Waals surface area contributed by atoms with Crippen LogP contribution in [0, 0.1) is 0 Å². The third-order valence-electron chi connectivity index (χ3n) is 4.49. The molecule has 1 atom stereocenters. The number of aliphatic imine (C=N–C) groups is 1. The fraction of sp³-hybridized carbons (Fsp3) is 0.900. The first-order chi connectivity index (χ1) is 12.7. The molecule has 1 rings (SSSR count). The lowest BCUT2D eigenvalue weighted by atomic mass is 10.1. The number of halogens is 1. The van der Waals surface area contributed by atoms with E-state index in [1.165, 1.54) is 32.2 Å². The number of carbonyl (C=O) groups excluding carboxylic acids is 1. The van der Waals surface area contributed by atoms with Crippen molar-refractivity contribution in [3.05, 3.63) is 0 Å². The normalized spacial score (nSPS) is 17.5. The van der Waals surface area contributed by atoms with E-state index < -0.39 is 5.60 Å². The fourth-order valence-electron chi connectivity index (χ4n) is 3.16. The molecule has 1 heterocycles. The van der Waals surface area contributed by atoms with Crippen molar-refractivity contribution >= 4 is 36.0 Å². The highest BCUT2D eigenvalue weighted by Gasteiger charge is 2.27. The second-order valence-corrected chi connectivity index (χ2v) is 8.62. The Balaban J connectivity index is 0.00000729. The van der Waals surface area contributed by atoms with Crippen molar-refractivity contribution in [3.63, 3.8) is 0 Å². The highest BCUT2D eigenvalue weighted by Crippen LogP contribution is 2.12. The number of hydrogen-bond donors (Lipinski definition) is 2. The van der Waals surface area contributed by atoms with Crippen molar-refractivity contribution in [1.29, 1.82) is 0 Å². The minimum Gasteiger partial charge on any atom is -0.444 e. The Morgan fingerprint density at radius 2 is 1.82 bits per heavy atom. The zero-order valence-electron chi connectivity index (χ0n) is 18.7. The summed E-state index contributed by atoms with van der Waals surface area (Å²) in [5.41, 5.74) is -0.466. The maximum Gasteiger partial charge on any atom is 0.407 e. The highest BCUT2D eigenvalue weighted by atomic mass is 127. The Morgan fingerprint density at radius 1 is 1.18 bits per heavy atom. The number of nitrogens with one attached hydrogen (secondary N) is 2. The maximum atomic E-state index is 11.9. The van der Waals surface area contributed by atoms with Crippen LogP contribution >= 0.6 is 24.0 Å². The predicted molar refractivity (Wildman–Crippen MR) is 128 cm³/mol. The average Bonchev–Trinajstić information content (AvgIpc) is 2.99. The van der Waals surface area contributed by atoms with Crippen LogP contribution in [-0.2, 0) is 4.74 Å². The molecule has 0 aliphatic carbocycles. The number of unbranched alkanes of at least 4 members (excludes halogenated alkanes) is 4. The van der Waals surface area contributed by atoms with E-state index in [1.54, 1.807) is 0 Å². The number of nitrogens with zero attached hydrogens (tertiary/aromatic N) is 3. The van der Waals surface area contributed by atoms with E-state index in [-0.39, 0.29) is 36.1 Å². The topological polar surface area (TPSA) is 69.2 Å². The summed E-state index contributed by atoms with van der Waals surface area (Å²) in [6, 6.07) is 0.107. The third-order valence-corrected chi connectivity index (χ3v) is 4.49. The Kier molecular flexibility index (Phi) is 13.9. The van der Waals surface area contributed by atoms with Crippen LogP contribution in [0.5, 0.6) is 0 Å². The summed E-state index contributed by atoms with van der Waals surface area (Å²) in [7, 11) is 6.07. The van der Waals surface area contributed by atoms with Crippen LogP contribution in [0.3, 0.4) is 0 Å². The Bertz CT molecular complexity index is 466. The van der Waals surface area contributed by atoms with Gasteiger partial charge in [-0.2, -0.15) is 0 Å². The number of likely N-dealkylation sites (tertiary alicyclic amines) is 1. The molecule has 1 aliphatic heterocycles. The molecule has 0 aromatic heterocycles. The summed E-state index contributed by atoms with van der Waals surface area (Å²) in [6.45, 7) is 9.41. The summed E-state index contributed by atoms with van der Waals surface area (Å²) in [5.74, 6) is 0.927. The van der Waals surface area contributed by atoms with Gasteiger partial charge < -0.3 is 25.2 Å². The lowest BCUT2D eigenvalue weighted by Crippen LogP contribution is -2.44. The quantitative estimate of drug-likeness (QED) is 0.215. The molecule has 0 spiro atoms. The second-order valence-electron chi connectivity index (χ2n) is 8.62. The van der Waals surface area contributed by atoms with Crippen molar-refractivity contribution < 1.29 is 9.53 Å². The van der Waals surface area contributed by atoms with Crippen LogP contribution in [0.4, 0.5) is 4.79 Å². The molecule has 1 amide bonds. The summed E-state index contributed by atoms with van der Waals surface area (Å²) in [5, 5.41) is 6.42. The van der Waals surface area contributed by atoms with Crippen LogP contribution in [0.25, 0.3) is 0 Å². The largest absolute Gasteiger partial charge is 0.444 e. The number of guanidine groups is 1. The number of alkyl carbamates (subject to hydrolysis) is 1. The van der Waals surface area contributed by atoms with Gasteiger partial charge in [-0.05, 0) is 60.7 Å². The second kappa shape index (κ2) is 14.3. The number of carbonyl (C=O) groups is 1. The summed E-state index contributed by atoms with van der Waals surface area (Å²) in [6.07, 6.45) is 6.85. The van der Waals surface area contributed by atoms with Crippen molar-refractivity contribution in [3.8, 4) is 0 Å². The molecule has 0 bridgehead atoms. The Hall–Kier alpha value is -0.770. The van der Waals surface area contributed by atoms with Crippen LogP contribution in [0.15, 0.2) is 4.99 Å². The molecule has 166 valence electrons. The molecule has 1 fully saturated rings. The number of rotatable bonds is 9. The van der Waals surface area contributed by atoms with Gasteiger partial charge in [0.1, 0.15) is 5.60 Å². The summed E-state index contributed by atoms with van der Waals surface area (Å²) < 4.78 is 5.34. The predicted octanol–water partition coefficient (Wildman–Crippen LogP) is 3.29. The number of amides is 1. The van der Waals surface area contributed by atoms with E-state index in [2.05, 4.69) is 39.5 Å². The monoisotopic (exact) mass is 511 g/mol. The molecule has 1 saturated heterocycles. The molecule has 0 saturated carbocycles. The zero-order chi connectivity index (χ0) is 20.3. The van der Waals surface area contributed by atoms with Gasteiger partial charge in [-0.3, -0.25) is 4.99 Å². The summed E-state index contributed by atoms with van der Waals surface area (Å²) in [4.78, 5) is 20.8. The lowest BCUT2D eigenvalue weighted by Gasteiger charge is -2.23. The van der Waals surface area contributed by atoms with E-state index in [1.807, 2.05) is 27.8 Å². The van der Waals surface area contributed by atoms with Gasteiger partial charge in [0, 0.05) is 26.7 Å². The molecule has 2 N–H and O–H groups in total. The van der Waals surface area contributed by atoms with Gasteiger partial charge in [0.25, 0.3) is 0 Å². The van der Waals surface area contributed by atoms with E-state index in [0.29, 0.717) is 0 Å². The van der Waals surface area contributed by atoms with Crippen LogP contribution in [-0.4, -0.2) is 80.8 Å². The smallest absolute Gasteiger partial charge is 0.407 e.